The molecule has 0 unspecified atom stereocenters. The van der Waals surface area contributed by atoms with Gasteiger partial charge in [-0.3, -0.25) is 0 Å². The zero-order valence-corrected chi connectivity index (χ0v) is 14.4. The third-order valence-corrected chi connectivity index (χ3v) is 5.03. The Morgan fingerprint density at radius 3 is 2.46 bits per heavy atom. The summed E-state index contributed by atoms with van der Waals surface area (Å²) in [6.45, 7) is 1.71. The first-order valence-corrected chi connectivity index (χ1v) is 9.42. The van der Waals surface area contributed by atoms with Crippen LogP contribution in [-0.2, 0) is 24.8 Å². The Labute approximate surface area is 143 Å². The maximum atomic E-state index is 12.6. The van der Waals surface area contributed by atoms with Crippen molar-refractivity contribution in [2.24, 2.45) is 0 Å². The Morgan fingerprint density at radius 1 is 1.25 bits per heavy atom. The van der Waals surface area contributed by atoms with E-state index in [1.54, 1.807) is 19.1 Å². The number of halogens is 3. The number of hydrogen-bond donors (Lipinski definition) is 0. The van der Waals surface area contributed by atoms with Gasteiger partial charge in [-0.15, -0.1) is 0 Å². The van der Waals surface area contributed by atoms with Crippen molar-refractivity contribution in [3.05, 3.63) is 41.6 Å². The molecule has 9 heteroatoms. The zero-order valence-electron chi connectivity index (χ0n) is 12.5. The van der Waals surface area contributed by atoms with Gasteiger partial charge >= 0.3 is 143 Å². The Hall–Kier alpha value is -1.88. The zero-order chi connectivity index (χ0) is 18.1. The van der Waals surface area contributed by atoms with Crippen molar-refractivity contribution >= 4 is 14.3 Å². The molecule has 0 fully saturated rings. The van der Waals surface area contributed by atoms with E-state index in [4.69, 9.17) is 5.26 Å². The van der Waals surface area contributed by atoms with Crippen molar-refractivity contribution in [2.45, 2.75) is 17.0 Å². The molecule has 0 spiro atoms. The van der Waals surface area contributed by atoms with Gasteiger partial charge in [-0.25, -0.2) is 0 Å². The molecule has 0 atom stereocenters. The fourth-order valence-electron chi connectivity index (χ4n) is 2.05. The van der Waals surface area contributed by atoms with Gasteiger partial charge in [0.05, 0.1) is 0 Å². The minimum atomic E-state index is -4.33. The van der Waals surface area contributed by atoms with Crippen LogP contribution in [0.2, 0.25) is 0 Å². The molecule has 0 N–H and O–H groups in total. The van der Waals surface area contributed by atoms with Gasteiger partial charge in [0, 0.05) is 0 Å². The van der Waals surface area contributed by atoms with Crippen molar-refractivity contribution in [1.82, 2.24) is 4.98 Å². The molecule has 1 heterocycles. The van der Waals surface area contributed by atoms with Crippen LogP contribution in [0.5, 0.6) is 0 Å². The van der Waals surface area contributed by atoms with Crippen LogP contribution in [0.4, 0.5) is 13.2 Å². The molecule has 0 bridgehead atoms. The molecule has 0 aliphatic carbocycles. The number of aromatic nitrogens is 1. The van der Waals surface area contributed by atoms with Gasteiger partial charge in [0.2, 0.25) is 0 Å². The van der Waals surface area contributed by atoms with E-state index in [2.05, 4.69) is 4.98 Å². The van der Waals surface area contributed by atoms with E-state index in [0.29, 0.717) is 16.7 Å². The molecule has 0 saturated heterocycles. The summed E-state index contributed by atoms with van der Waals surface area (Å²) in [5, 5.41) is 4.45. The van der Waals surface area contributed by atoms with Crippen LogP contribution in [0.15, 0.2) is 35.5 Å². The average molecular weight is 396 g/mol. The molecule has 0 saturated carbocycles. The SMILES string of the molecule is Cc1cc[c]([Fe][C](F)(F)F)cc1-c1cnc(S(C)(=O)=O)c(C#N)c1. The Kier molecular flexibility index (Phi) is 5.04. The number of alkyl halides is 3. The second-order valence-electron chi connectivity index (χ2n) is 4.91. The van der Waals surface area contributed by atoms with E-state index >= 15 is 0 Å². The molecule has 24 heavy (non-hydrogen) atoms. The van der Waals surface area contributed by atoms with Crippen molar-refractivity contribution < 1.29 is 36.5 Å². The van der Waals surface area contributed by atoms with Gasteiger partial charge in [-0.05, 0) is 0 Å². The Bertz CT molecular complexity index is 935. The molecule has 2 aromatic rings. The van der Waals surface area contributed by atoms with Crippen LogP contribution in [0.25, 0.3) is 11.1 Å². The Balaban J connectivity index is 2.57. The summed E-state index contributed by atoms with van der Waals surface area (Å²) in [4.78, 5) is 3.81. The van der Waals surface area contributed by atoms with Gasteiger partial charge in [0.1, 0.15) is 0 Å². The minimum absolute atomic E-state index is 0.0776. The second-order valence-corrected chi connectivity index (χ2v) is 8.38. The average Bonchev–Trinajstić information content (AvgIpc) is 2.46. The van der Waals surface area contributed by atoms with Gasteiger partial charge in [-0.1, -0.05) is 0 Å². The third kappa shape index (κ3) is 4.35. The van der Waals surface area contributed by atoms with Crippen LogP contribution < -0.4 is 4.46 Å². The number of sulfone groups is 1. The van der Waals surface area contributed by atoms with Crippen LogP contribution in [0.1, 0.15) is 11.1 Å². The maximum absolute atomic E-state index is 12.6. The summed E-state index contributed by atoms with van der Waals surface area (Å²) >= 11 is -1.07. The van der Waals surface area contributed by atoms with Gasteiger partial charge in [0.15, 0.2) is 0 Å². The first-order chi connectivity index (χ1) is 11.0. The van der Waals surface area contributed by atoms with E-state index in [1.807, 2.05) is 0 Å². The fraction of sp³-hybridized carbons (Fsp3) is 0.200. The van der Waals surface area contributed by atoms with Gasteiger partial charge < -0.3 is 0 Å². The number of aryl methyl sites for hydroxylation is 1. The molecule has 1 aromatic carbocycles. The summed E-state index contributed by atoms with van der Waals surface area (Å²) in [6, 6.07) is 7.39. The topological polar surface area (TPSA) is 70.8 Å². The standard InChI is InChI=1S/C14H11N2O2S.CF3.Fe/c1-10-5-3-4-6-13(10)12-7-11(8-15)14(16-9-12)19(2,17)18;2-1(3)4;/h3,5-7,9H,1-2H3;;. The summed E-state index contributed by atoms with van der Waals surface area (Å²) < 4.78 is 60.9. The molecular formula is C15H11F3FeN2O2S. The van der Waals surface area contributed by atoms with E-state index in [1.165, 1.54) is 24.4 Å². The second kappa shape index (κ2) is 6.55. The van der Waals surface area contributed by atoms with Crippen molar-refractivity contribution in [2.75, 3.05) is 6.26 Å². The van der Waals surface area contributed by atoms with Crippen molar-refractivity contribution in [3.8, 4) is 17.2 Å². The molecule has 0 aliphatic heterocycles. The van der Waals surface area contributed by atoms with E-state index in [9.17, 15) is 21.6 Å². The molecule has 4 nitrogen and oxygen atoms in total. The number of hydrogen-bond acceptors (Lipinski definition) is 4. The summed E-state index contributed by atoms with van der Waals surface area (Å²) in [5.41, 5.74) is 1.41. The van der Waals surface area contributed by atoms with Crippen LogP contribution in [0, 0.1) is 18.3 Å². The number of nitriles is 1. The van der Waals surface area contributed by atoms with E-state index < -0.39 is 29.9 Å². The quantitative estimate of drug-likeness (QED) is 0.748. The van der Waals surface area contributed by atoms with Gasteiger partial charge in [0.25, 0.3) is 0 Å². The van der Waals surface area contributed by atoms with E-state index in [0.717, 1.165) is 6.26 Å². The molecule has 0 radical (unpaired) electrons. The molecule has 0 amide bonds. The summed E-state index contributed by atoms with van der Waals surface area (Å²) in [7, 11) is -3.67. The first-order valence-electron chi connectivity index (χ1n) is 6.43. The normalized spacial score (nSPS) is 12.2. The monoisotopic (exact) mass is 396 g/mol. The van der Waals surface area contributed by atoms with Crippen LogP contribution in [0.3, 0.4) is 0 Å². The fourth-order valence-corrected chi connectivity index (χ4v) is 3.58. The van der Waals surface area contributed by atoms with Crippen LogP contribution in [-0.4, -0.2) is 24.7 Å². The summed E-state index contributed by atoms with van der Waals surface area (Å²) in [6.07, 6.45) is 2.18. The molecule has 1 aromatic heterocycles. The van der Waals surface area contributed by atoms with Gasteiger partial charge in [-0.2, -0.15) is 0 Å². The number of benzene rings is 1. The molecule has 0 aliphatic rings. The van der Waals surface area contributed by atoms with Crippen LogP contribution >= 0.6 is 0 Å². The number of rotatable bonds is 3. The molecular weight excluding hydrogens is 385 g/mol. The first kappa shape index (κ1) is 18.5. The number of pyridine rings is 1. The summed E-state index contributed by atoms with van der Waals surface area (Å²) in [5.74, 6) is 0. The van der Waals surface area contributed by atoms with E-state index in [-0.39, 0.29) is 15.1 Å². The predicted molar refractivity (Wildman–Crippen MR) is 77.9 cm³/mol. The van der Waals surface area contributed by atoms with Crippen molar-refractivity contribution in [1.29, 1.82) is 5.26 Å². The number of nitrogens with zero attached hydrogens (tertiary/aromatic N) is 2. The van der Waals surface area contributed by atoms with Crippen molar-refractivity contribution in [3.63, 3.8) is 0 Å². The third-order valence-electron chi connectivity index (χ3n) is 3.03. The predicted octanol–water partition coefficient (Wildman–Crippen LogP) is 2.56. The Morgan fingerprint density at radius 2 is 1.92 bits per heavy atom. The molecule has 2 rings (SSSR count). The molecule has 128 valence electrons.